The maximum absolute atomic E-state index is 4.89. The largest absolute Gasteiger partial charge is 0.335 e. The number of hydrogen-bond acceptors (Lipinski definition) is 3. The summed E-state index contributed by atoms with van der Waals surface area (Å²) in [5.41, 5.74) is 8.28. The molecule has 1 aromatic carbocycles. The molecule has 0 saturated carbocycles. The lowest BCUT2D eigenvalue weighted by Gasteiger charge is -2.25. The van der Waals surface area contributed by atoms with Crippen LogP contribution in [0.4, 0.5) is 0 Å². The quantitative estimate of drug-likeness (QED) is 0.526. The van der Waals surface area contributed by atoms with E-state index >= 15 is 0 Å². The van der Waals surface area contributed by atoms with E-state index in [4.69, 9.17) is 4.99 Å². The van der Waals surface area contributed by atoms with Crippen molar-refractivity contribution in [1.82, 2.24) is 4.90 Å². The van der Waals surface area contributed by atoms with Crippen LogP contribution < -0.4 is 0 Å². The van der Waals surface area contributed by atoms with Crippen LogP contribution in [0.15, 0.2) is 99.9 Å². The molecule has 1 aliphatic heterocycles. The Hall–Kier alpha value is -3.20. The van der Waals surface area contributed by atoms with Crippen molar-refractivity contribution in [3.63, 3.8) is 0 Å². The lowest BCUT2D eigenvalue weighted by Crippen LogP contribution is -2.18. The van der Waals surface area contributed by atoms with Gasteiger partial charge in [0.25, 0.3) is 0 Å². The van der Waals surface area contributed by atoms with Gasteiger partial charge in [0.2, 0.25) is 0 Å². The number of nitrogens with zero attached hydrogens (tertiary/aromatic N) is 3. The molecule has 0 bridgehead atoms. The average molecular weight is 398 g/mol. The highest BCUT2D eigenvalue weighted by Gasteiger charge is 2.20. The number of aryl methyl sites for hydroxylation is 1. The molecule has 2 aliphatic rings. The second-order valence-corrected chi connectivity index (χ2v) is 7.51. The van der Waals surface area contributed by atoms with Gasteiger partial charge in [0.15, 0.2) is 0 Å². The highest BCUT2D eigenvalue weighted by atomic mass is 15.2. The predicted molar refractivity (Wildman–Crippen MR) is 131 cm³/mol. The molecule has 3 heteroatoms. The average Bonchev–Trinajstić information content (AvgIpc) is 2.77. The van der Waals surface area contributed by atoms with Gasteiger partial charge in [0.1, 0.15) is 5.82 Å². The molecule has 0 aromatic heterocycles. The summed E-state index contributed by atoms with van der Waals surface area (Å²) in [7, 11) is 3.95. The molecule has 0 saturated heterocycles. The first-order valence-electron chi connectivity index (χ1n) is 10.5. The summed E-state index contributed by atoms with van der Waals surface area (Å²) in [5.74, 6) is 0.933. The highest BCUT2D eigenvalue weighted by Crippen LogP contribution is 2.31. The third kappa shape index (κ3) is 4.68. The van der Waals surface area contributed by atoms with Crippen molar-refractivity contribution >= 4 is 17.5 Å². The molecule has 0 N–H and O–H groups in total. The predicted octanol–water partition coefficient (Wildman–Crippen LogP) is 6.43. The molecule has 30 heavy (non-hydrogen) atoms. The van der Waals surface area contributed by atoms with E-state index < -0.39 is 0 Å². The van der Waals surface area contributed by atoms with Gasteiger partial charge in [-0.3, -0.25) is 4.99 Å². The lowest BCUT2D eigenvalue weighted by molar-refractivity contribution is 0.556. The van der Waals surface area contributed by atoms with E-state index in [-0.39, 0.29) is 0 Å². The lowest BCUT2D eigenvalue weighted by atomic mass is 9.89. The first kappa shape index (κ1) is 21.5. The minimum Gasteiger partial charge on any atom is -0.335 e. The number of aliphatic imine (C=N–C) groups is 2. The van der Waals surface area contributed by atoms with Gasteiger partial charge in [-0.15, -0.1) is 0 Å². The molecule has 1 heterocycles. The Morgan fingerprint density at radius 3 is 2.67 bits per heavy atom. The van der Waals surface area contributed by atoms with E-state index in [1.54, 1.807) is 0 Å². The van der Waals surface area contributed by atoms with Gasteiger partial charge in [0, 0.05) is 43.4 Å². The first-order chi connectivity index (χ1) is 14.6. The number of allylic oxidation sites excluding steroid dienone is 9. The first-order valence-corrected chi connectivity index (χ1v) is 10.5. The van der Waals surface area contributed by atoms with Gasteiger partial charge in [0.05, 0.1) is 0 Å². The monoisotopic (exact) mass is 397 g/mol. The smallest absolute Gasteiger partial charge is 0.139 e. The molecule has 154 valence electrons. The zero-order chi connectivity index (χ0) is 21.5. The van der Waals surface area contributed by atoms with Crippen LogP contribution >= 0.6 is 0 Å². The number of rotatable bonds is 5. The van der Waals surface area contributed by atoms with Crippen LogP contribution in [0.2, 0.25) is 0 Å². The standard InChI is InChI=1S/C27H31N3/c1-6-8-11-25(23(7-2)24-12-9-10-13-26(24)28-4)27-29-18-22(19-30(27)5)21-16-14-20(3)15-17-21/h6,8-9,11-12,14-19H,1,7,10,13H2,2-5H3/b11-8+,24-23+,27-25+,28-26?. The summed E-state index contributed by atoms with van der Waals surface area (Å²) >= 11 is 0. The third-order valence-corrected chi connectivity index (χ3v) is 5.43. The molecule has 3 rings (SSSR count). The second-order valence-electron chi connectivity index (χ2n) is 7.51. The molecule has 0 spiro atoms. The minimum absolute atomic E-state index is 0.900. The maximum atomic E-state index is 4.89. The Labute approximate surface area is 180 Å². The van der Waals surface area contributed by atoms with Gasteiger partial charge < -0.3 is 4.90 Å². The van der Waals surface area contributed by atoms with Gasteiger partial charge in [-0.1, -0.05) is 73.7 Å². The number of hydrogen-bond donors (Lipinski definition) is 0. The van der Waals surface area contributed by atoms with Crippen LogP contribution in [0.5, 0.6) is 0 Å². The topological polar surface area (TPSA) is 28.0 Å². The normalized spacial score (nSPS) is 21.3. The van der Waals surface area contributed by atoms with Crippen LogP contribution in [0, 0.1) is 6.92 Å². The Kier molecular flexibility index (Phi) is 7.18. The molecule has 3 nitrogen and oxygen atoms in total. The van der Waals surface area contributed by atoms with E-state index in [9.17, 15) is 0 Å². The fourth-order valence-electron chi connectivity index (χ4n) is 3.84. The fourth-order valence-corrected chi connectivity index (χ4v) is 3.84. The maximum Gasteiger partial charge on any atom is 0.139 e. The van der Waals surface area contributed by atoms with Crippen molar-refractivity contribution in [2.24, 2.45) is 9.98 Å². The van der Waals surface area contributed by atoms with Gasteiger partial charge >= 0.3 is 0 Å². The molecule has 0 fully saturated rings. The zero-order valence-corrected chi connectivity index (χ0v) is 18.5. The minimum atomic E-state index is 0.900. The molecular weight excluding hydrogens is 366 g/mol. The summed E-state index contributed by atoms with van der Waals surface area (Å²) in [6.45, 7) is 8.16. The van der Waals surface area contributed by atoms with Gasteiger partial charge in [-0.05, 0) is 42.9 Å². The molecule has 0 unspecified atom stereocenters. The summed E-state index contributed by atoms with van der Waals surface area (Å²) in [6.07, 6.45) is 17.4. The van der Waals surface area contributed by atoms with E-state index in [1.165, 1.54) is 22.3 Å². The molecule has 0 amide bonds. The van der Waals surface area contributed by atoms with Crippen LogP contribution in [-0.2, 0) is 0 Å². The molecule has 1 aromatic rings. The van der Waals surface area contributed by atoms with Gasteiger partial charge in [-0.2, -0.15) is 0 Å². The highest BCUT2D eigenvalue weighted by molar-refractivity contribution is 6.11. The van der Waals surface area contributed by atoms with Crippen molar-refractivity contribution in [2.45, 2.75) is 33.1 Å². The molecule has 0 atom stereocenters. The van der Waals surface area contributed by atoms with Crippen molar-refractivity contribution in [1.29, 1.82) is 0 Å². The summed E-state index contributed by atoms with van der Waals surface area (Å²) in [4.78, 5) is 11.6. The van der Waals surface area contributed by atoms with E-state index in [0.29, 0.717) is 0 Å². The van der Waals surface area contributed by atoms with E-state index in [0.717, 1.165) is 41.9 Å². The van der Waals surface area contributed by atoms with E-state index in [1.807, 2.05) is 25.4 Å². The molecule has 0 radical (unpaired) electrons. The third-order valence-electron chi connectivity index (χ3n) is 5.43. The van der Waals surface area contributed by atoms with Crippen LogP contribution in [0.1, 0.15) is 37.3 Å². The second kappa shape index (κ2) is 10.0. The number of benzene rings is 1. The Morgan fingerprint density at radius 1 is 1.27 bits per heavy atom. The Balaban J connectivity index is 2.11. The zero-order valence-electron chi connectivity index (χ0n) is 18.5. The van der Waals surface area contributed by atoms with Crippen molar-refractivity contribution in [3.8, 4) is 0 Å². The van der Waals surface area contributed by atoms with Crippen LogP contribution in [-0.4, -0.2) is 30.9 Å². The SMILES string of the molecule is C=C/C=C/C(=C1/N=CC(c2ccc(C)cc2)=CN1C)C(/CC)=C1\C=CCCC1=NC. The summed E-state index contributed by atoms with van der Waals surface area (Å²) in [5, 5.41) is 0. The van der Waals surface area contributed by atoms with Crippen LogP contribution in [0.25, 0.3) is 5.57 Å². The van der Waals surface area contributed by atoms with Gasteiger partial charge in [-0.25, -0.2) is 4.99 Å². The molecule has 1 aliphatic carbocycles. The van der Waals surface area contributed by atoms with Crippen LogP contribution in [0.3, 0.4) is 0 Å². The fraction of sp³-hybridized carbons (Fsp3) is 0.259. The summed E-state index contributed by atoms with van der Waals surface area (Å²) < 4.78 is 0. The summed E-state index contributed by atoms with van der Waals surface area (Å²) in [6, 6.07) is 8.55. The Morgan fingerprint density at radius 2 is 2.03 bits per heavy atom. The molecular formula is C27H31N3. The van der Waals surface area contributed by atoms with E-state index in [2.05, 4.69) is 86.1 Å². The van der Waals surface area contributed by atoms with Crippen molar-refractivity contribution in [2.75, 3.05) is 14.1 Å². The van der Waals surface area contributed by atoms with Crippen molar-refractivity contribution < 1.29 is 0 Å². The van der Waals surface area contributed by atoms with Crippen molar-refractivity contribution in [3.05, 3.63) is 101 Å². The Bertz CT molecular complexity index is 1010.